The molecule has 52 valence electrons. The molecule has 0 aliphatic rings. The van der Waals surface area contributed by atoms with Gasteiger partial charge in [0.05, 0.1) is 0 Å². The van der Waals surface area contributed by atoms with Gasteiger partial charge in [-0.2, -0.15) is 0 Å². The predicted molar refractivity (Wildman–Crippen MR) is 36.1 cm³/mol. The lowest BCUT2D eigenvalue weighted by Crippen LogP contribution is -1.75. The van der Waals surface area contributed by atoms with Gasteiger partial charge >= 0.3 is 0 Å². The van der Waals surface area contributed by atoms with Crippen molar-refractivity contribution in [2.24, 2.45) is 0 Å². The molecule has 0 heterocycles. The number of hydrogen-bond donors (Lipinski definition) is 2. The van der Waals surface area contributed by atoms with Crippen LogP contribution in [-0.2, 0) is 0 Å². The molecule has 0 aliphatic carbocycles. The molecule has 0 saturated heterocycles. The van der Waals surface area contributed by atoms with Crippen LogP contribution in [0.15, 0.2) is 17.9 Å². The number of aliphatic hydroxyl groups excluding tert-OH is 2. The third-order valence-electron chi connectivity index (χ3n) is 0.783. The van der Waals surface area contributed by atoms with E-state index in [9.17, 15) is 0 Å². The molecule has 0 bridgehead atoms. The Kier molecular flexibility index (Phi) is 6.98. The SMILES string of the molecule is OCCC=C=CCCO. The van der Waals surface area contributed by atoms with Crippen LogP contribution in [0.4, 0.5) is 0 Å². The lowest BCUT2D eigenvalue weighted by molar-refractivity contribution is 0.302. The van der Waals surface area contributed by atoms with Gasteiger partial charge in [0.1, 0.15) is 0 Å². The highest BCUT2D eigenvalue weighted by Crippen LogP contribution is 1.79. The molecule has 0 saturated carbocycles. The van der Waals surface area contributed by atoms with Crippen molar-refractivity contribution in [1.29, 1.82) is 0 Å². The monoisotopic (exact) mass is 128 g/mol. The molecular weight excluding hydrogens is 116 g/mol. The summed E-state index contributed by atoms with van der Waals surface area (Å²) in [6.07, 6.45) is 4.77. The van der Waals surface area contributed by atoms with E-state index in [0.717, 1.165) is 0 Å². The van der Waals surface area contributed by atoms with E-state index in [2.05, 4.69) is 5.73 Å². The van der Waals surface area contributed by atoms with Gasteiger partial charge in [-0.05, 0) is 25.0 Å². The molecule has 0 rings (SSSR count). The fourth-order valence-electron chi connectivity index (χ4n) is 0.379. The second kappa shape index (κ2) is 7.44. The van der Waals surface area contributed by atoms with Gasteiger partial charge < -0.3 is 10.2 Å². The summed E-state index contributed by atoms with van der Waals surface area (Å²) in [7, 11) is 0. The highest BCUT2D eigenvalue weighted by Gasteiger charge is 1.70. The summed E-state index contributed by atoms with van der Waals surface area (Å²) in [6, 6.07) is 0. The van der Waals surface area contributed by atoms with Crippen LogP contribution >= 0.6 is 0 Å². The van der Waals surface area contributed by atoms with Crippen LogP contribution in [0.5, 0.6) is 0 Å². The van der Waals surface area contributed by atoms with Crippen molar-refractivity contribution < 1.29 is 10.2 Å². The molecule has 2 heteroatoms. The average Bonchev–Trinajstić information content (AvgIpc) is 1.89. The van der Waals surface area contributed by atoms with Crippen molar-refractivity contribution in [3.8, 4) is 0 Å². The highest BCUT2D eigenvalue weighted by atomic mass is 16.3. The van der Waals surface area contributed by atoms with Gasteiger partial charge in [0, 0.05) is 13.2 Å². The first-order valence-corrected chi connectivity index (χ1v) is 3.03. The van der Waals surface area contributed by atoms with Crippen LogP contribution in [0.1, 0.15) is 12.8 Å². The molecule has 0 atom stereocenters. The molecule has 0 amide bonds. The van der Waals surface area contributed by atoms with E-state index in [1.165, 1.54) is 0 Å². The summed E-state index contributed by atoms with van der Waals surface area (Å²) >= 11 is 0. The first-order chi connectivity index (χ1) is 4.41. The second-order valence-corrected chi connectivity index (χ2v) is 1.60. The zero-order valence-corrected chi connectivity index (χ0v) is 5.38. The smallest absolute Gasteiger partial charge is 0.0471 e. The Balaban J connectivity index is 3.18. The molecule has 0 aromatic carbocycles. The molecule has 0 fully saturated rings. The van der Waals surface area contributed by atoms with Crippen molar-refractivity contribution in [2.75, 3.05) is 13.2 Å². The predicted octanol–water partition coefficient (Wildman–Crippen LogP) is 0.462. The van der Waals surface area contributed by atoms with Crippen LogP contribution in [-0.4, -0.2) is 23.4 Å². The summed E-state index contributed by atoms with van der Waals surface area (Å²) < 4.78 is 0. The molecule has 9 heavy (non-hydrogen) atoms. The lowest BCUT2D eigenvalue weighted by Gasteiger charge is -1.78. The minimum absolute atomic E-state index is 0.167. The first-order valence-electron chi connectivity index (χ1n) is 3.03. The minimum Gasteiger partial charge on any atom is -0.396 e. The Bertz CT molecular complexity index is 91.5. The van der Waals surface area contributed by atoms with Gasteiger partial charge in [0.2, 0.25) is 0 Å². The van der Waals surface area contributed by atoms with Crippen LogP contribution in [0.2, 0.25) is 0 Å². The fourth-order valence-corrected chi connectivity index (χ4v) is 0.379. The molecule has 0 aromatic rings. The summed E-state index contributed by atoms with van der Waals surface area (Å²) in [6.45, 7) is 0.333. The van der Waals surface area contributed by atoms with Gasteiger partial charge in [-0.15, -0.1) is 5.73 Å². The van der Waals surface area contributed by atoms with Crippen molar-refractivity contribution in [3.05, 3.63) is 17.9 Å². The Morgan fingerprint density at radius 2 is 1.44 bits per heavy atom. The molecule has 0 aromatic heterocycles. The number of rotatable bonds is 4. The van der Waals surface area contributed by atoms with E-state index in [4.69, 9.17) is 10.2 Å². The quantitative estimate of drug-likeness (QED) is 0.540. The maximum Gasteiger partial charge on any atom is 0.0471 e. The Morgan fingerprint density at radius 3 is 1.78 bits per heavy atom. The zero-order chi connectivity index (χ0) is 6.95. The molecule has 0 radical (unpaired) electrons. The highest BCUT2D eigenvalue weighted by molar-refractivity contribution is 4.84. The molecule has 0 spiro atoms. The molecule has 2 N–H and O–H groups in total. The second-order valence-electron chi connectivity index (χ2n) is 1.60. The topological polar surface area (TPSA) is 40.5 Å². The van der Waals surface area contributed by atoms with Gasteiger partial charge in [0.15, 0.2) is 0 Å². The third-order valence-corrected chi connectivity index (χ3v) is 0.783. The van der Waals surface area contributed by atoms with E-state index < -0.39 is 0 Å². The summed E-state index contributed by atoms with van der Waals surface area (Å²) in [4.78, 5) is 0. The maximum absolute atomic E-state index is 8.29. The van der Waals surface area contributed by atoms with Gasteiger partial charge in [0.25, 0.3) is 0 Å². The van der Waals surface area contributed by atoms with Crippen molar-refractivity contribution >= 4 is 0 Å². The lowest BCUT2D eigenvalue weighted by atomic mass is 10.4. The summed E-state index contributed by atoms with van der Waals surface area (Å²) in [5.41, 5.74) is 2.82. The Labute approximate surface area is 55.1 Å². The number of hydrogen-bond acceptors (Lipinski definition) is 2. The van der Waals surface area contributed by atoms with Crippen LogP contribution in [0.3, 0.4) is 0 Å². The normalized spacial score (nSPS) is 8.22. The van der Waals surface area contributed by atoms with E-state index in [0.29, 0.717) is 12.8 Å². The van der Waals surface area contributed by atoms with Gasteiger partial charge in [-0.25, -0.2) is 0 Å². The number of aliphatic hydroxyl groups is 2. The van der Waals surface area contributed by atoms with Crippen LogP contribution in [0.25, 0.3) is 0 Å². The first kappa shape index (κ1) is 8.44. The summed E-state index contributed by atoms with van der Waals surface area (Å²) in [5.74, 6) is 0. The third kappa shape index (κ3) is 7.44. The Morgan fingerprint density at radius 1 is 1.00 bits per heavy atom. The van der Waals surface area contributed by atoms with E-state index in [1.807, 2.05) is 0 Å². The molecular formula is C7H12O2. The standard InChI is InChI=1S/C7H12O2/c8-6-4-2-1-3-5-7-9/h2-3,8-9H,4-7H2. The average molecular weight is 128 g/mol. The van der Waals surface area contributed by atoms with Crippen molar-refractivity contribution in [2.45, 2.75) is 12.8 Å². The van der Waals surface area contributed by atoms with E-state index in [-0.39, 0.29) is 13.2 Å². The van der Waals surface area contributed by atoms with Gasteiger partial charge in [-0.3, -0.25) is 0 Å². The van der Waals surface area contributed by atoms with Crippen molar-refractivity contribution in [3.63, 3.8) is 0 Å². The fraction of sp³-hybridized carbons (Fsp3) is 0.571. The maximum atomic E-state index is 8.29. The zero-order valence-electron chi connectivity index (χ0n) is 5.38. The summed E-state index contributed by atoms with van der Waals surface area (Å²) in [5, 5.41) is 16.6. The Hall–Kier alpha value is -0.560. The van der Waals surface area contributed by atoms with Gasteiger partial charge in [-0.1, -0.05) is 0 Å². The molecule has 0 unspecified atom stereocenters. The molecule has 2 nitrogen and oxygen atoms in total. The van der Waals surface area contributed by atoms with E-state index >= 15 is 0 Å². The largest absolute Gasteiger partial charge is 0.396 e. The minimum atomic E-state index is 0.167. The van der Waals surface area contributed by atoms with E-state index in [1.54, 1.807) is 12.2 Å². The van der Waals surface area contributed by atoms with Crippen LogP contribution in [0, 0.1) is 0 Å². The van der Waals surface area contributed by atoms with Crippen molar-refractivity contribution in [1.82, 2.24) is 0 Å². The van der Waals surface area contributed by atoms with Crippen LogP contribution < -0.4 is 0 Å². The molecule has 0 aliphatic heterocycles.